The van der Waals surface area contributed by atoms with E-state index in [1.165, 1.54) is 20.8 Å². The minimum Gasteiger partial charge on any atom is -0.481 e. The largest absolute Gasteiger partial charge is 0.481 e. The molecule has 0 fully saturated rings. The Morgan fingerprint density at radius 3 is 1.91 bits per heavy atom. The van der Waals surface area contributed by atoms with Gasteiger partial charge in [-0.2, -0.15) is 0 Å². The fraction of sp³-hybridized carbons (Fsp3) is 0.733. The zero-order chi connectivity index (χ0) is 18.4. The first kappa shape index (κ1) is 21.0. The van der Waals surface area contributed by atoms with Crippen molar-refractivity contribution in [3.63, 3.8) is 0 Å². The third-order valence-corrected chi connectivity index (χ3v) is 3.37. The molecule has 0 bridgehead atoms. The van der Waals surface area contributed by atoms with Gasteiger partial charge in [0.25, 0.3) is 0 Å². The van der Waals surface area contributed by atoms with E-state index in [0.717, 1.165) is 0 Å². The maximum atomic E-state index is 12.5. The van der Waals surface area contributed by atoms with E-state index in [0.29, 0.717) is 0 Å². The smallest absolute Gasteiger partial charge is 0.316 e. The summed E-state index contributed by atoms with van der Waals surface area (Å²) in [5.41, 5.74) is -1.66. The van der Waals surface area contributed by atoms with Crippen LogP contribution in [0.2, 0.25) is 0 Å². The number of amides is 2. The van der Waals surface area contributed by atoms with Crippen LogP contribution in [0.4, 0.5) is 0 Å². The summed E-state index contributed by atoms with van der Waals surface area (Å²) in [4.78, 5) is 46.8. The molecule has 0 aliphatic heterocycles. The summed E-state index contributed by atoms with van der Waals surface area (Å²) in [5, 5.41) is 23.0. The molecule has 0 heterocycles. The van der Waals surface area contributed by atoms with Crippen LogP contribution in [0.3, 0.4) is 0 Å². The molecule has 0 aliphatic carbocycles. The Hall–Kier alpha value is -1.96. The molecule has 23 heavy (non-hydrogen) atoms. The van der Waals surface area contributed by atoms with Crippen LogP contribution >= 0.6 is 0 Å². The van der Waals surface area contributed by atoms with Gasteiger partial charge in [0.05, 0.1) is 12.6 Å². The minimum atomic E-state index is -1.66. The van der Waals surface area contributed by atoms with Crippen molar-refractivity contribution in [2.75, 3.05) is 6.61 Å². The molecule has 0 spiro atoms. The van der Waals surface area contributed by atoms with Crippen LogP contribution in [0.1, 0.15) is 41.0 Å². The number of hydrogen-bond donors (Lipinski definition) is 4. The minimum absolute atomic E-state index is 0.0298. The average Bonchev–Trinajstić information content (AvgIpc) is 2.41. The summed E-state index contributed by atoms with van der Waals surface area (Å²) in [6, 6.07) is -2.21. The molecule has 0 aromatic heterocycles. The van der Waals surface area contributed by atoms with Crippen molar-refractivity contribution in [3.05, 3.63) is 0 Å². The molecule has 0 radical (unpaired) electrons. The summed E-state index contributed by atoms with van der Waals surface area (Å²) in [7, 11) is 0. The number of carboxylic acid groups (broad SMARTS) is 1. The van der Waals surface area contributed by atoms with Crippen LogP contribution in [-0.4, -0.2) is 52.5 Å². The third kappa shape index (κ3) is 6.35. The van der Waals surface area contributed by atoms with Crippen molar-refractivity contribution in [1.82, 2.24) is 10.6 Å². The monoisotopic (exact) mass is 330 g/mol. The van der Waals surface area contributed by atoms with E-state index in [9.17, 15) is 29.4 Å². The molecular formula is C15H26N2O6. The Bertz CT molecular complexity index is 473. The lowest BCUT2D eigenvalue weighted by Gasteiger charge is -2.28. The molecule has 0 aromatic rings. The zero-order valence-electron chi connectivity index (χ0n) is 14.2. The van der Waals surface area contributed by atoms with Crippen LogP contribution in [0.15, 0.2) is 0 Å². The SMILES string of the molecule is CC(=O)N[C@@H](CO)C(=O)N[C@@H](CC(C)C)C(=O)C(C)(C)C(=O)O. The molecule has 0 rings (SSSR count). The van der Waals surface area contributed by atoms with Gasteiger partial charge < -0.3 is 20.8 Å². The summed E-state index contributed by atoms with van der Waals surface area (Å²) in [6.07, 6.45) is 0.250. The van der Waals surface area contributed by atoms with Gasteiger partial charge >= 0.3 is 5.97 Å². The standard InChI is InChI=1S/C15H26N2O6/c1-8(2)6-10(12(20)15(4,5)14(22)23)17-13(21)11(7-18)16-9(3)19/h8,10-11,18H,6-7H2,1-5H3,(H,16,19)(H,17,21)(H,22,23)/t10-,11-/m0/s1. The number of hydrogen-bond acceptors (Lipinski definition) is 5. The van der Waals surface area contributed by atoms with Gasteiger partial charge in [-0.05, 0) is 26.2 Å². The van der Waals surface area contributed by atoms with Crippen LogP contribution < -0.4 is 10.6 Å². The van der Waals surface area contributed by atoms with Gasteiger partial charge in [0.2, 0.25) is 11.8 Å². The predicted molar refractivity (Wildman–Crippen MR) is 82.5 cm³/mol. The number of ketones is 1. The highest BCUT2D eigenvalue weighted by Crippen LogP contribution is 2.22. The highest BCUT2D eigenvalue weighted by atomic mass is 16.4. The quantitative estimate of drug-likeness (QED) is 0.429. The van der Waals surface area contributed by atoms with Gasteiger partial charge in [0.1, 0.15) is 11.5 Å². The Labute approximate surface area is 135 Å². The maximum absolute atomic E-state index is 12.5. The zero-order valence-corrected chi connectivity index (χ0v) is 14.2. The number of rotatable bonds is 9. The second kappa shape index (κ2) is 8.61. The van der Waals surface area contributed by atoms with Gasteiger partial charge in [-0.1, -0.05) is 13.8 Å². The lowest BCUT2D eigenvalue weighted by molar-refractivity contribution is -0.154. The first-order valence-corrected chi connectivity index (χ1v) is 7.39. The third-order valence-electron chi connectivity index (χ3n) is 3.37. The van der Waals surface area contributed by atoms with E-state index in [2.05, 4.69) is 10.6 Å². The first-order chi connectivity index (χ1) is 10.4. The maximum Gasteiger partial charge on any atom is 0.316 e. The van der Waals surface area contributed by atoms with Crippen LogP contribution in [-0.2, 0) is 19.2 Å². The highest BCUT2D eigenvalue weighted by molar-refractivity contribution is 6.06. The summed E-state index contributed by atoms with van der Waals surface area (Å²) in [6.45, 7) is 6.77. The molecule has 2 atom stereocenters. The molecule has 8 heteroatoms. The molecule has 0 aliphatic rings. The van der Waals surface area contributed by atoms with E-state index >= 15 is 0 Å². The Morgan fingerprint density at radius 1 is 1.04 bits per heavy atom. The van der Waals surface area contributed by atoms with E-state index in [1.54, 1.807) is 0 Å². The van der Waals surface area contributed by atoms with Crippen molar-refractivity contribution in [1.29, 1.82) is 0 Å². The first-order valence-electron chi connectivity index (χ1n) is 7.39. The Morgan fingerprint density at radius 2 is 1.57 bits per heavy atom. The molecule has 0 saturated carbocycles. The van der Waals surface area contributed by atoms with Gasteiger partial charge in [-0.3, -0.25) is 19.2 Å². The number of aliphatic hydroxyl groups excluding tert-OH is 1. The lowest BCUT2D eigenvalue weighted by atomic mass is 9.81. The van der Waals surface area contributed by atoms with Crippen molar-refractivity contribution in [2.24, 2.45) is 11.3 Å². The van der Waals surface area contributed by atoms with Crippen molar-refractivity contribution >= 4 is 23.6 Å². The van der Waals surface area contributed by atoms with Gasteiger partial charge in [0, 0.05) is 6.92 Å². The van der Waals surface area contributed by atoms with Gasteiger partial charge in [0.15, 0.2) is 5.78 Å². The summed E-state index contributed by atoms with van der Waals surface area (Å²) in [5.74, 6) is -3.13. The van der Waals surface area contributed by atoms with E-state index in [-0.39, 0.29) is 12.3 Å². The normalized spacial score (nSPS) is 14.0. The van der Waals surface area contributed by atoms with E-state index in [1.807, 2.05) is 13.8 Å². The second-order valence-electron chi connectivity index (χ2n) is 6.42. The molecule has 0 unspecified atom stereocenters. The van der Waals surface area contributed by atoms with Gasteiger partial charge in [-0.25, -0.2) is 0 Å². The topological polar surface area (TPSA) is 133 Å². The van der Waals surface area contributed by atoms with E-state index < -0.39 is 47.7 Å². The van der Waals surface area contributed by atoms with Crippen molar-refractivity contribution in [3.8, 4) is 0 Å². The number of carbonyl (C=O) groups is 4. The molecule has 0 aromatic carbocycles. The number of nitrogens with one attached hydrogen (secondary N) is 2. The molecule has 0 saturated heterocycles. The predicted octanol–water partition coefficient (Wildman–Crippen LogP) is -0.306. The molecule has 8 nitrogen and oxygen atoms in total. The fourth-order valence-electron chi connectivity index (χ4n) is 1.96. The number of carboxylic acids is 1. The van der Waals surface area contributed by atoms with Crippen LogP contribution in [0.5, 0.6) is 0 Å². The molecule has 4 N–H and O–H groups in total. The van der Waals surface area contributed by atoms with Crippen LogP contribution in [0, 0.1) is 11.3 Å². The number of Topliss-reactive ketones (excluding diaryl/α,β-unsaturated/α-hetero) is 1. The van der Waals surface area contributed by atoms with Crippen LogP contribution in [0.25, 0.3) is 0 Å². The van der Waals surface area contributed by atoms with Crippen molar-refractivity contribution < 1.29 is 29.4 Å². The molecule has 132 valence electrons. The fourth-order valence-corrected chi connectivity index (χ4v) is 1.96. The second-order valence-corrected chi connectivity index (χ2v) is 6.42. The van der Waals surface area contributed by atoms with Crippen molar-refractivity contribution in [2.45, 2.75) is 53.1 Å². The molecule has 2 amide bonds. The Kier molecular flexibility index (Phi) is 7.88. The number of aliphatic carboxylic acids is 1. The number of carbonyl (C=O) groups excluding carboxylic acids is 3. The summed E-state index contributed by atoms with van der Waals surface area (Å²) < 4.78 is 0. The lowest BCUT2D eigenvalue weighted by Crippen LogP contribution is -2.55. The van der Waals surface area contributed by atoms with E-state index in [4.69, 9.17) is 0 Å². The highest BCUT2D eigenvalue weighted by Gasteiger charge is 2.41. The summed E-state index contributed by atoms with van der Waals surface area (Å²) >= 11 is 0. The van der Waals surface area contributed by atoms with Gasteiger partial charge in [-0.15, -0.1) is 0 Å². The average molecular weight is 330 g/mol. The Balaban J connectivity index is 5.27. The number of aliphatic hydroxyl groups is 1. The molecular weight excluding hydrogens is 304 g/mol.